The summed E-state index contributed by atoms with van der Waals surface area (Å²) in [6, 6.07) is 8.29. The molecule has 1 aromatic heterocycles. The minimum atomic E-state index is -1.85. The van der Waals surface area contributed by atoms with Crippen LogP contribution in [0, 0.1) is 17.7 Å². The van der Waals surface area contributed by atoms with Gasteiger partial charge in [-0.05, 0) is 37.3 Å². The van der Waals surface area contributed by atoms with Gasteiger partial charge in [0.2, 0.25) is 0 Å². The third-order valence-electron chi connectivity index (χ3n) is 2.41. The summed E-state index contributed by atoms with van der Waals surface area (Å²) in [5, 5.41) is 1.81. The zero-order valence-electron chi connectivity index (χ0n) is 12.0. The van der Waals surface area contributed by atoms with Gasteiger partial charge in [0.15, 0.2) is 8.32 Å². The summed E-state index contributed by atoms with van der Waals surface area (Å²) >= 11 is 1.48. The molecule has 1 nitrogen and oxygen atoms in total. The maximum Gasteiger partial charge on any atom is 1.00 e. The fourth-order valence-electron chi connectivity index (χ4n) is 1.76. The van der Waals surface area contributed by atoms with Gasteiger partial charge in [0.1, 0.15) is 11.6 Å². The van der Waals surface area contributed by atoms with Crippen molar-refractivity contribution in [3.8, 4) is 0 Å². The van der Waals surface area contributed by atoms with Crippen molar-refractivity contribution >= 4 is 19.7 Å². The number of rotatable bonds is 4. The van der Waals surface area contributed by atoms with Crippen molar-refractivity contribution in [1.82, 2.24) is 0 Å². The standard InChI is InChI=1S/C14H15F2OSSi.Li/c1-19(2,3)17-14(13-5-4-6-18-13)10-7-11(15)9-12(16)8-10;/h5-9,14H,1-3H3;/q-1;+1. The minimum absolute atomic E-state index is 0. The molecule has 0 radical (unpaired) electrons. The van der Waals surface area contributed by atoms with E-state index in [2.05, 4.69) is 6.07 Å². The summed E-state index contributed by atoms with van der Waals surface area (Å²) in [7, 11) is -1.85. The van der Waals surface area contributed by atoms with E-state index in [1.807, 2.05) is 25.0 Å². The quantitative estimate of drug-likeness (QED) is 0.618. The van der Waals surface area contributed by atoms with Gasteiger partial charge in [-0.2, -0.15) is 0 Å². The Hall–Kier alpha value is -0.446. The molecule has 0 spiro atoms. The smallest absolute Gasteiger partial charge is 0.422 e. The van der Waals surface area contributed by atoms with E-state index in [0.717, 1.165) is 10.9 Å². The van der Waals surface area contributed by atoms with Gasteiger partial charge in [-0.15, -0.1) is 10.3 Å². The zero-order chi connectivity index (χ0) is 14.0. The Morgan fingerprint density at radius 2 is 1.75 bits per heavy atom. The van der Waals surface area contributed by atoms with Gasteiger partial charge in [0.25, 0.3) is 0 Å². The van der Waals surface area contributed by atoms with Crippen LogP contribution in [0.1, 0.15) is 16.5 Å². The van der Waals surface area contributed by atoms with Crippen LogP contribution in [0.25, 0.3) is 0 Å². The Balaban J connectivity index is 0.00000200. The van der Waals surface area contributed by atoms with Gasteiger partial charge < -0.3 is 4.43 Å². The number of hydrogen-bond acceptors (Lipinski definition) is 2. The Morgan fingerprint density at radius 3 is 2.20 bits per heavy atom. The molecule has 1 aromatic carbocycles. The van der Waals surface area contributed by atoms with Gasteiger partial charge in [-0.1, -0.05) is 0 Å². The SMILES string of the molecule is C[Si](C)(C)OC(c1cc(F)cc(F)c1)c1c[c-]cs1.[Li+]. The molecule has 102 valence electrons. The van der Waals surface area contributed by atoms with E-state index in [-0.39, 0.29) is 18.9 Å². The van der Waals surface area contributed by atoms with Crippen molar-refractivity contribution in [2.75, 3.05) is 0 Å². The van der Waals surface area contributed by atoms with E-state index in [9.17, 15) is 8.78 Å². The first kappa shape index (κ1) is 17.6. The second-order valence-corrected chi connectivity index (χ2v) is 10.7. The maximum absolute atomic E-state index is 13.4. The van der Waals surface area contributed by atoms with Crippen LogP contribution in [0.2, 0.25) is 19.6 Å². The number of hydrogen-bond donors (Lipinski definition) is 0. The molecule has 0 saturated heterocycles. The van der Waals surface area contributed by atoms with Gasteiger partial charge >= 0.3 is 18.9 Å². The molecule has 1 unspecified atom stereocenters. The Kier molecular flexibility index (Phi) is 6.17. The topological polar surface area (TPSA) is 9.23 Å². The van der Waals surface area contributed by atoms with Gasteiger partial charge in [-0.3, -0.25) is 11.3 Å². The van der Waals surface area contributed by atoms with Gasteiger partial charge in [-0.25, -0.2) is 20.9 Å². The molecule has 0 aliphatic rings. The molecule has 1 heterocycles. The third-order valence-corrected chi connectivity index (χ3v) is 4.21. The molecule has 0 amide bonds. The van der Waals surface area contributed by atoms with E-state index in [1.165, 1.54) is 23.5 Å². The fraction of sp³-hybridized carbons (Fsp3) is 0.286. The molecule has 0 bridgehead atoms. The van der Waals surface area contributed by atoms with E-state index in [4.69, 9.17) is 4.43 Å². The average Bonchev–Trinajstić information content (AvgIpc) is 2.76. The van der Waals surface area contributed by atoms with Gasteiger partial charge in [0, 0.05) is 12.2 Å². The Bertz CT molecular complexity index is 535. The first-order chi connectivity index (χ1) is 8.85. The third kappa shape index (κ3) is 4.83. The van der Waals surface area contributed by atoms with Crippen LogP contribution in [0.5, 0.6) is 0 Å². The summed E-state index contributed by atoms with van der Waals surface area (Å²) in [6.45, 7) is 6.15. The van der Waals surface area contributed by atoms with Crippen molar-refractivity contribution in [2.45, 2.75) is 25.7 Å². The number of halogens is 2. The van der Waals surface area contributed by atoms with Crippen LogP contribution in [0.15, 0.2) is 29.6 Å². The van der Waals surface area contributed by atoms with E-state index >= 15 is 0 Å². The van der Waals surface area contributed by atoms with Crippen LogP contribution >= 0.6 is 11.3 Å². The van der Waals surface area contributed by atoms with Crippen LogP contribution in [-0.2, 0) is 4.43 Å². The normalized spacial score (nSPS) is 12.8. The Labute approximate surface area is 135 Å². The summed E-state index contributed by atoms with van der Waals surface area (Å²) in [4.78, 5) is 0.910. The molecular weight excluding hydrogens is 289 g/mol. The van der Waals surface area contributed by atoms with Gasteiger partial charge in [0.05, 0.1) is 0 Å². The second kappa shape index (κ2) is 7.01. The molecule has 20 heavy (non-hydrogen) atoms. The Morgan fingerprint density at radius 1 is 1.15 bits per heavy atom. The summed E-state index contributed by atoms with van der Waals surface area (Å²) in [5.74, 6) is -1.17. The predicted molar refractivity (Wildman–Crippen MR) is 75.8 cm³/mol. The van der Waals surface area contributed by atoms with E-state index in [0.29, 0.717) is 5.56 Å². The molecule has 2 rings (SSSR count). The van der Waals surface area contributed by atoms with Crippen molar-refractivity contribution < 1.29 is 32.1 Å². The van der Waals surface area contributed by atoms with E-state index in [1.54, 1.807) is 6.07 Å². The van der Waals surface area contributed by atoms with Crippen LogP contribution in [0.3, 0.4) is 0 Å². The van der Waals surface area contributed by atoms with Crippen molar-refractivity contribution in [2.24, 2.45) is 0 Å². The first-order valence-corrected chi connectivity index (χ1v) is 10.2. The number of benzene rings is 1. The fourth-order valence-corrected chi connectivity index (χ4v) is 3.53. The molecule has 0 fully saturated rings. The molecule has 0 N–H and O–H groups in total. The zero-order valence-corrected chi connectivity index (χ0v) is 13.9. The second-order valence-electron chi connectivity index (χ2n) is 5.26. The monoisotopic (exact) mass is 304 g/mol. The van der Waals surface area contributed by atoms with Crippen LogP contribution < -0.4 is 18.9 Å². The summed E-state index contributed by atoms with van der Waals surface area (Å²) in [5.41, 5.74) is 0.510. The maximum atomic E-state index is 13.4. The number of thiophene rings is 1. The first-order valence-electron chi connectivity index (χ1n) is 5.93. The molecular formula is C14H15F2LiOSSi. The van der Waals surface area contributed by atoms with Crippen LogP contribution in [0.4, 0.5) is 8.78 Å². The van der Waals surface area contributed by atoms with Crippen molar-refractivity contribution in [1.29, 1.82) is 0 Å². The van der Waals surface area contributed by atoms with Crippen LogP contribution in [-0.4, -0.2) is 8.32 Å². The van der Waals surface area contributed by atoms with Crippen molar-refractivity contribution in [3.63, 3.8) is 0 Å². The molecule has 1 atom stereocenters. The largest absolute Gasteiger partial charge is 1.00 e. The molecule has 2 aromatic rings. The summed E-state index contributed by atoms with van der Waals surface area (Å²) in [6.07, 6.45) is -0.423. The summed E-state index contributed by atoms with van der Waals surface area (Å²) < 4.78 is 32.8. The molecule has 0 saturated carbocycles. The van der Waals surface area contributed by atoms with E-state index < -0.39 is 26.1 Å². The predicted octanol–water partition coefficient (Wildman–Crippen LogP) is 1.77. The van der Waals surface area contributed by atoms with Crippen molar-refractivity contribution in [3.05, 3.63) is 57.8 Å². The molecule has 0 aliphatic carbocycles. The minimum Gasteiger partial charge on any atom is -0.422 e. The molecule has 0 aliphatic heterocycles. The molecule has 6 heteroatoms. The average molecular weight is 304 g/mol.